The van der Waals surface area contributed by atoms with Gasteiger partial charge in [0, 0.05) is 17.3 Å². The summed E-state index contributed by atoms with van der Waals surface area (Å²) in [5.41, 5.74) is -0.897. The van der Waals surface area contributed by atoms with Gasteiger partial charge >= 0.3 is 5.97 Å². The maximum atomic E-state index is 12.4. The van der Waals surface area contributed by atoms with E-state index in [0.717, 1.165) is 0 Å². The Balaban J connectivity index is 2.36. The number of carbonyl (C=O) groups excluding carboxylic acids is 2. The summed E-state index contributed by atoms with van der Waals surface area (Å²) in [5.74, 6) is -2.15. The van der Waals surface area contributed by atoms with Gasteiger partial charge in [0.15, 0.2) is 0 Å². The molecule has 2 N–H and O–H groups in total. The Bertz CT molecular complexity index is 543. The van der Waals surface area contributed by atoms with Gasteiger partial charge in [-0.2, -0.15) is 0 Å². The molecule has 0 aromatic heterocycles. The molecule has 1 fully saturated rings. The van der Waals surface area contributed by atoms with Crippen LogP contribution in [0.3, 0.4) is 0 Å². The van der Waals surface area contributed by atoms with Crippen LogP contribution >= 0.6 is 46.0 Å². The standard InChI is InChI=1S/C11H12ClIN2O5S/c1-20-11(14-6(16)2-12)9(19)15-7(8(17)18)5(3-13)4-21-10(11)15/h10H,2-4H2,1H3,(H,14,16)(H,17,18)/t10-,11?/m1/s1. The number of halogens is 2. The van der Waals surface area contributed by atoms with Gasteiger partial charge in [0.05, 0.1) is 0 Å². The molecular formula is C11H12ClIN2O5S. The number of nitrogens with zero attached hydrogens (tertiary/aromatic N) is 1. The highest BCUT2D eigenvalue weighted by Gasteiger charge is 2.66. The number of hydrogen-bond donors (Lipinski definition) is 2. The maximum absolute atomic E-state index is 12.4. The van der Waals surface area contributed by atoms with Crippen molar-refractivity contribution in [3.8, 4) is 0 Å². The van der Waals surface area contributed by atoms with Gasteiger partial charge in [0.25, 0.3) is 11.6 Å². The molecular weight excluding hydrogens is 435 g/mol. The number of nitrogens with one attached hydrogen (secondary N) is 1. The minimum absolute atomic E-state index is 0.0223. The van der Waals surface area contributed by atoms with Crippen LogP contribution in [0.25, 0.3) is 0 Å². The molecule has 0 aromatic carbocycles. The van der Waals surface area contributed by atoms with Gasteiger partial charge in [-0.05, 0) is 5.57 Å². The SMILES string of the molecule is COC1(NC(=O)CCl)C(=O)N2C(C(=O)O)=C(CI)CS[C@@H]21. The Labute approximate surface area is 143 Å². The largest absolute Gasteiger partial charge is 0.477 e. The predicted octanol–water partition coefficient (Wildman–Crippen LogP) is 0.373. The fourth-order valence-electron chi connectivity index (χ4n) is 2.29. The summed E-state index contributed by atoms with van der Waals surface area (Å²) < 4.78 is 5.72. The second kappa shape index (κ2) is 6.31. The van der Waals surface area contributed by atoms with Crippen molar-refractivity contribution in [3.05, 3.63) is 11.3 Å². The number of amides is 2. The molecule has 0 aliphatic carbocycles. The van der Waals surface area contributed by atoms with Crippen molar-refractivity contribution in [3.63, 3.8) is 0 Å². The van der Waals surface area contributed by atoms with E-state index >= 15 is 0 Å². The lowest BCUT2D eigenvalue weighted by molar-refractivity contribution is -0.192. The summed E-state index contributed by atoms with van der Waals surface area (Å²) >= 11 is 8.85. The molecule has 0 bridgehead atoms. The number of carbonyl (C=O) groups is 3. The van der Waals surface area contributed by atoms with Crippen molar-refractivity contribution in [2.45, 2.75) is 11.1 Å². The third-order valence-electron chi connectivity index (χ3n) is 3.24. The van der Waals surface area contributed by atoms with E-state index in [0.29, 0.717) is 15.8 Å². The van der Waals surface area contributed by atoms with Crippen LogP contribution in [0.2, 0.25) is 0 Å². The van der Waals surface area contributed by atoms with Crippen LogP contribution in [0.15, 0.2) is 11.3 Å². The molecule has 0 saturated carbocycles. The van der Waals surface area contributed by atoms with Crippen LogP contribution in [-0.4, -0.2) is 62.1 Å². The first-order chi connectivity index (χ1) is 9.92. The van der Waals surface area contributed by atoms with E-state index in [1.54, 1.807) is 0 Å². The topological polar surface area (TPSA) is 95.9 Å². The van der Waals surface area contributed by atoms with E-state index in [2.05, 4.69) is 27.9 Å². The first-order valence-electron chi connectivity index (χ1n) is 5.81. The highest BCUT2D eigenvalue weighted by Crippen LogP contribution is 2.46. The van der Waals surface area contributed by atoms with Crippen LogP contribution in [0.4, 0.5) is 0 Å². The van der Waals surface area contributed by atoms with E-state index in [1.165, 1.54) is 23.8 Å². The Hall–Kier alpha value is -0.520. The van der Waals surface area contributed by atoms with Crippen LogP contribution in [0.1, 0.15) is 0 Å². The van der Waals surface area contributed by atoms with E-state index in [-0.39, 0.29) is 11.6 Å². The Kier molecular flexibility index (Phi) is 5.06. The molecule has 1 saturated heterocycles. The minimum atomic E-state index is -1.55. The Morgan fingerprint density at radius 2 is 2.33 bits per heavy atom. The van der Waals surface area contributed by atoms with E-state index in [9.17, 15) is 19.5 Å². The van der Waals surface area contributed by atoms with Crippen molar-refractivity contribution in [1.82, 2.24) is 10.2 Å². The first-order valence-corrected chi connectivity index (χ1v) is 8.92. The molecule has 2 aliphatic rings. The molecule has 116 valence electrons. The van der Waals surface area contributed by atoms with Gasteiger partial charge in [-0.1, -0.05) is 22.6 Å². The molecule has 0 radical (unpaired) electrons. The number of alkyl halides is 2. The van der Waals surface area contributed by atoms with Crippen LogP contribution in [-0.2, 0) is 19.1 Å². The summed E-state index contributed by atoms with van der Waals surface area (Å²) in [4.78, 5) is 36.5. The molecule has 7 nitrogen and oxygen atoms in total. The van der Waals surface area contributed by atoms with Crippen molar-refractivity contribution >= 4 is 63.7 Å². The summed E-state index contributed by atoms with van der Waals surface area (Å²) in [6.07, 6.45) is 0. The average Bonchev–Trinajstić information content (AvgIpc) is 2.49. The quantitative estimate of drug-likeness (QED) is 0.274. The molecule has 0 aromatic rings. The maximum Gasteiger partial charge on any atom is 0.352 e. The number of hydrogen-bond acceptors (Lipinski definition) is 5. The first kappa shape index (κ1) is 16.8. The van der Waals surface area contributed by atoms with E-state index in [4.69, 9.17) is 16.3 Å². The lowest BCUT2D eigenvalue weighted by Crippen LogP contribution is -2.80. The summed E-state index contributed by atoms with van der Waals surface area (Å²) in [7, 11) is 1.29. The van der Waals surface area contributed by atoms with E-state index in [1.807, 2.05) is 0 Å². The highest BCUT2D eigenvalue weighted by atomic mass is 127. The monoisotopic (exact) mass is 446 g/mol. The third kappa shape index (κ3) is 2.53. The van der Waals surface area contributed by atoms with Crippen molar-refractivity contribution in [2.75, 3.05) is 23.2 Å². The normalized spacial score (nSPS) is 28.0. The van der Waals surface area contributed by atoms with Gasteiger partial charge in [-0.15, -0.1) is 23.4 Å². The second-order valence-electron chi connectivity index (χ2n) is 4.35. The molecule has 2 atom stereocenters. The number of fused-ring (bicyclic) bond motifs is 1. The van der Waals surface area contributed by atoms with Crippen molar-refractivity contribution in [2.24, 2.45) is 0 Å². The van der Waals surface area contributed by atoms with Gasteiger partial charge in [-0.3, -0.25) is 14.5 Å². The summed E-state index contributed by atoms with van der Waals surface area (Å²) in [5, 5.41) is 11.2. The molecule has 2 heterocycles. The number of methoxy groups -OCH3 is 1. The minimum Gasteiger partial charge on any atom is -0.477 e. The molecule has 21 heavy (non-hydrogen) atoms. The molecule has 10 heteroatoms. The van der Waals surface area contributed by atoms with Gasteiger partial charge in [0.2, 0.25) is 5.91 Å². The number of carboxylic acid groups (broad SMARTS) is 1. The Morgan fingerprint density at radius 1 is 1.67 bits per heavy atom. The Morgan fingerprint density at radius 3 is 2.81 bits per heavy atom. The lowest BCUT2D eigenvalue weighted by atomic mass is 9.98. The van der Waals surface area contributed by atoms with Crippen LogP contribution in [0, 0.1) is 0 Å². The zero-order valence-electron chi connectivity index (χ0n) is 10.9. The number of β-lactam (4-membered cyclic amide) rings is 1. The number of rotatable bonds is 5. The van der Waals surface area contributed by atoms with Crippen molar-refractivity contribution in [1.29, 1.82) is 0 Å². The smallest absolute Gasteiger partial charge is 0.352 e. The molecule has 2 rings (SSSR count). The summed E-state index contributed by atoms with van der Waals surface area (Å²) in [6, 6.07) is 0. The highest BCUT2D eigenvalue weighted by molar-refractivity contribution is 14.1. The van der Waals surface area contributed by atoms with Crippen LogP contribution in [0.5, 0.6) is 0 Å². The van der Waals surface area contributed by atoms with Gasteiger partial charge in [0.1, 0.15) is 17.0 Å². The fourth-order valence-corrected chi connectivity index (χ4v) is 4.79. The second-order valence-corrected chi connectivity index (χ2v) is 6.45. The number of aliphatic carboxylic acids is 1. The number of thioether (sulfide) groups is 1. The predicted molar refractivity (Wildman–Crippen MR) is 85.2 cm³/mol. The van der Waals surface area contributed by atoms with E-state index < -0.39 is 28.9 Å². The van der Waals surface area contributed by atoms with Gasteiger partial charge < -0.3 is 15.2 Å². The molecule has 1 unspecified atom stereocenters. The average molecular weight is 447 g/mol. The van der Waals surface area contributed by atoms with Crippen LogP contribution < -0.4 is 5.32 Å². The van der Waals surface area contributed by atoms with Gasteiger partial charge in [-0.25, -0.2) is 4.79 Å². The molecule has 2 aliphatic heterocycles. The molecule has 2 amide bonds. The zero-order valence-corrected chi connectivity index (χ0v) is 14.6. The number of ether oxygens (including phenoxy) is 1. The number of carboxylic acids is 1. The third-order valence-corrected chi connectivity index (χ3v) is 5.78. The zero-order chi connectivity index (χ0) is 15.8. The van der Waals surface area contributed by atoms with Crippen molar-refractivity contribution < 1.29 is 24.2 Å². The fraction of sp³-hybridized carbons (Fsp3) is 0.545. The lowest BCUT2D eigenvalue weighted by Gasteiger charge is -2.55. The summed E-state index contributed by atoms with van der Waals surface area (Å²) in [6.45, 7) is 0. The molecule has 0 spiro atoms.